The summed E-state index contributed by atoms with van der Waals surface area (Å²) in [4.78, 5) is 280. The van der Waals surface area contributed by atoms with Crippen LogP contribution in [0.1, 0.15) is 172 Å². The predicted molar refractivity (Wildman–Crippen MR) is 507 cm³/mol. The van der Waals surface area contributed by atoms with E-state index in [0.717, 1.165) is 31.4 Å². The van der Waals surface area contributed by atoms with E-state index in [4.69, 9.17) is 21.9 Å². The highest BCUT2D eigenvalue weighted by Gasteiger charge is 2.47. The molecule has 0 saturated carbocycles. The van der Waals surface area contributed by atoms with Crippen molar-refractivity contribution in [3.05, 3.63) is 114 Å². The van der Waals surface area contributed by atoms with E-state index < -0.39 is 253 Å². The van der Waals surface area contributed by atoms with Gasteiger partial charge in [0.05, 0.1) is 37.5 Å². The van der Waals surface area contributed by atoms with Gasteiger partial charge in [0.2, 0.25) is 82.7 Å². The number of hydrogen-bond acceptors (Lipinski definition) is 24. The fourth-order valence-electron chi connectivity index (χ4n) is 17.5. The number of nitrogens with two attached hydrogens (primary N) is 3. The molecule has 3 fully saturated rings. The number of carboxylic acid groups (broad SMARTS) is 2. The van der Waals surface area contributed by atoms with Crippen molar-refractivity contribution >= 4 is 146 Å². The number of Topliss-reactive ketones (excluding diaryl/α,β-unsaturated/α-hetero) is 2. The summed E-state index contributed by atoms with van der Waals surface area (Å²) < 4.78 is 5.34. The number of para-hydroxylation sites is 2. The number of aromatic amines is 2. The fourth-order valence-corrected chi connectivity index (χ4v) is 18.4. The third-order valence-corrected chi connectivity index (χ3v) is 26.5. The van der Waals surface area contributed by atoms with Crippen LogP contribution in [0.5, 0.6) is 5.75 Å². The highest BCUT2D eigenvalue weighted by molar-refractivity contribution is 8.00. The largest absolute Gasteiger partial charge is 0.497 e. The molecule has 19 N–H and O–H groups in total. The Balaban J connectivity index is 1.11. The van der Waals surface area contributed by atoms with Gasteiger partial charge in [-0.15, -0.1) is 11.8 Å². The summed E-state index contributed by atoms with van der Waals surface area (Å²) >= 11 is 0.766. The molecule has 0 spiro atoms. The fraction of sp³-hybridized carbons (Fsp3) is 0.547. The number of fused-ring (bicyclic) bond motifs is 4. The first-order chi connectivity index (χ1) is 65.5. The van der Waals surface area contributed by atoms with Gasteiger partial charge in [0.15, 0.2) is 11.6 Å². The van der Waals surface area contributed by atoms with E-state index >= 15 is 38.4 Å². The number of aliphatic hydroxyl groups excluding tert-OH is 1. The number of ketones is 2. The van der Waals surface area contributed by atoms with E-state index in [9.17, 15) is 63.3 Å². The van der Waals surface area contributed by atoms with Gasteiger partial charge in [-0.3, -0.25) is 91.3 Å². The average molecular weight is 1920 g/mol. The van der Waals surface area contributed by atoms with E-state index in [0.29, 0.717) is 81.9 Å². The first-order valence-corrected chi connectivity index (χ1v) is 47.8. The Hall–Kier alpha value is -13.0. The normalized spacial score (nSPS) is 25.1. The van der Waals surface area contributed by atoms with Crippen LogP contribution in [0, 0.1) is 5.92 Å². The molecular weight excluding hydrogens is 1790 g/mol. The van der Waals surface area contributed by atoms with Crippen molar-refractivity contribution in [3.63, 3.8) is 0 Å². The van der Waals surface area contributed by atoms with E-state index in [-0.39, 0.29) is 103 Å². The molecule has 6 heterocycles. The van der Waals surface area contributed by atoms with Gasteiger partial charge in [-0.2, -0.15) is 0 Å². The smallest absolute Gasteiger partial charge is 0.305 e. The molecule has 42 heteroatoms. The van der Waals surface area contributed by atoms with Crippen LogP contribution in [0.2, 0.25) is 0 Å². The number of rotatable bonds is 30. The van der Waals surface area contributed by atoms with Gasteiger partial charge in [0.25, 0.3) is 0 Å². The van der Waals surface area contributed by atoms with Crippen LogP contribution in [-0.2, 0) is 106 Å². The minimum absolute atomic E-state index is 0.00316. The van der Waals surface area contributed by atoms with Gasteiger partial charge in [-0.1, -0.05) is 88.1 Å². The van der Waals surface area contributed by atoms with E-state index in [2.05, 4.69) is 57.5 Å². The molecule has 14 amide bonds. The number of hydrogen-bond donors (Lipinski definition) is 16. The Bertz CT molecular complexity index is 5220. The molecule has 4 aliphatic rings. The summed E-state index contributed by atoms with van der Waals surface area (Å²) in [5.74, 6) is -19.1. The zero-order chi connectivity index (χ0) is 99.9. The number of aromatic nitrogens is 2. The molecule has 0 aliphatic carbocycles. The van der Waals surface area contributed by atoms with Gasteiger partial charge in [0, 0.05) is 150 Å². The molecule has 4 aliphatic heterocycles. The van der Waals surface area contributed by atoms with Crippen LogP contribution < -0.4 is 64.5 Å². The number of aliphatic carboxylic acids is 2. The van der Waals surface area contributed by atoms with Crippen LogP contribution in [0.4, 0.5) is 0 Å². The van der Waals surface area contributed by atoms with Gasteiger partial charge < -0.3 is 114 Å². The van der Waals surface area contributed by atoms with Gasteiger partial charge in [-0.05, 0) is 131 Å². The number of unbranched alkanes of at least 4 members (excludes halogenated alkanes) is 3. The molecule has 5 aromatic rings. The quantitative estimate of drug-likeness (QED) is 0.0286. The van der Waals surface area contributed by atoms with Crippen LogP contribution in [0.3, 0.4) is 0 Å². The molecule has 41 nitrogen and oxygen atoms in total. The number of nitrogens with one attached hydrogen (secondary N) is 10. The third-order valence-electron chi connectivity index (χ3n) is 25.5. The van der Waals surface area contributed by atoms with Gasteiger partial charge >= 0.3 is 11.9 Å². The number of carbonyl (C=O) groups excluding carboxylic acids is 16. The Morgan fingerprint density at radius 3 is 1.72 bits per heavy atom. The van der Waals surface area contributed by atoms with Crippen molar-refractivity contribution < 1.29 is 106 Å². The second-order valence-corrected chi connectivity index (χ2v) is 36.4. The molecule has 0 unspecified atom stereocenters. The van der Waals surface area contributed by atoms with E-state index in [1.165, 1.54) is 46.3 Å². The summed E-state index contributed by atoms with van der Waals surface area (Å²) in [6.45, 7) is 4.31. The lowest BCUT2D eigenvalue weighted by molar-refractivity contribution is -0.149. The SMILES string of the molecule is CCCC[C@H]1C(=O)N(C)[C@@H](CCCC)C(=O)N[C@@H](CCC(=O)O)C(=O)N[C@H](C(=O)CCC(N)=O)CSCC(=O)N[C@@H](Cc2ccc(OC)cc2)C(=O)N(C)[C@@H](C)C(=O)N[C@@H](CC(=O)O)C(=O)N2CCC[C@H]2C(=O)N[C@@H](CC2=CN=CC2)C(=O)N[C@@H](CCCCN)C(=O)N2C[C@H](O)C[C@H]2C(=O)N[C@@H](Cc2c[nH]c3ccccc23)C(=O)C[C@@H](CCN)C(=O)N[C@@H](Cc2c[nH]c3ccccc23)C(=O)N1C. The molecule has 0 radical (unpaired) electrons. The van der Waals surface area contributed by atoms with Crippen molar-refractivity contribution in [2.24, 2.45) is 28.1 Å². The number of nitrogens with zero attached hydrogens (tertiary/aromatic N) is 6. The Morgan fingerprint density at radius 1 is 0.533 bits per heavy atom. The summed E-state index contributed by atoms with van der Waals surface area (Å²) in [5, 5.41) is 54.9. The van der Waals surface area contributed by atoms with Crippen LogP contribution in [0.15, 0.2) is 102 Å². The molecule has 137 heavy (non-hydrogen) atoms. The lowest BCUT2D eigenvalue weighted by Gasteiger charge is -2.36. The standard InChI is InChI=1S/C95H131N19O22S/c1-8-10-24-74-88(128)103-66(31-34-82(120)121)86(126)109-73(78(116)32-33-80(98)118)52-137-53-81(119)102-70(41-55-27-29-61(136-7)30-28-55)91(131)110(4)54(3)84(124)107-72(47-83(122)123)94(134)113-40-18-26-75(113)89(129)106-69(42-56-36-39-99-48-56)87(127)104-67(23-16-17-37-96)93(133)114-51-60(115)46-77(114)90(130)105-68(43-58-49-100-64-21-14-12-19-62(58)64)79(117)45-57(35-38-97)85(125)108-71(44-59-50-101-65-22-15-13-20-63(59)65)92(132)112(6)76(25-11-9-2)95(135)111(74)5/h12-15,19-22,27-30,39,48-50,54,57,60,66-77,100-101,115H,8-11,16-18,23-26,31-38,40-47,51-53,96-97H2,1-7H3,(H2,98,118)(H,102,119)(H,103,128)(H,104,127)(H,105,130)(H,106,129)(H,107,124)(H,108,125)(H,109,126)(H,120,121)(H,122,123)/t54-,57+,60+,66-,67-,68-,69-,70-,71-,72-,73-,74-,75-,76-,77-/m0/s1. The number of primary amides is 1. The predicted octanol–water partition coefficient (Wildman–Crippen LogP) is 1.12. The highest BCUT2D eigenvalue weighted by Crippen LogP contribution is 2.30. The maximum atomic E-state index is 15.9. The average Bonchev–Trinajstić information content (AvgIpc) is 1.71. The maximum Gasteiger partial charge on any atom is 0.305 e. The molecule has 2 aromatic heterocycles. The molecule has 744 valence electrons. The summed E-state index contributed by atoms with van der Waals surface area (Å²) in [5.41, 5.74) is 21.2. The molecule has 15 atom stereocenters. The van der Waals surface area contributed by atoms with Crippen LogP contribution in [-0.4, -0.2) is 313 Å². The lowest BCUT2D eigenvalue weighted by Crippen LogP contribution is -2.60. The Morgan fingerprint density at radius 2 is 1.11 bits per heavy atom. The second kappa shape index (κ2) is 52.4. The lowest BCUT2D eigenvalue weighted by atomic mass is 9.91. The monoisotopic (exact) mass is 1920 g/mol. The molecule has 0 bridgehead atoms. The minimum Gasteiger partial charge on any atom is -0.497 e. The Kier molecular flexibility index (Phi) is 41.2. The first-order valence-electron chi connectivity index (χ1n) is 46.7. The number of methoxy groups -OCH3 is 1. The van der Waals surface area contributed by atoms with Crippen LogP contribution >= 0.6 is 11.8 Å². The molecule has 3 aromatic carbocycles. The molecule has 3 saturated heterocycles. The minimum atomic E-state index is -1.89. The van der Waals surface area contributed by atoms with Gasteiger partial charge in [-0.25, -0.2) is 0 Å². The molecule has 9 rings (SSSR count). The Labute approximate surface area is 798 Å². The number of aliphatic imine (C=N–C) groups is 1. The number of amides is 14. The van der Waals surface area contributed by atoms with Crippen molar-refractivity contribution in [2.45, 2.75) is 260 Å². The second-order valence-electron chi connectivity index (χ2n) is 35.4. The van der Waals surface area contributed by atoms with Gasteiger partial charge in [0.1, 0.15) is 72.2 Å². The zero-order valence-electron chi connectivity index (χ0n) is 78.5. The van der Waals surface area contributed by atoms with Crippen LogP contribution in [0.25, 0.3) is 21.8 Å². The van der Waals surface area contributed by atoms with Crippen molar-refractivity contribution in [2.75, 3.05) is 65.9 Å². The number of benzene rings is 3. The van der Waals surface area contributed by atoms with E-state index in [1.54, 1.807) is 91.4 Å². The maximum absolute atomic E-state index is 15.9. The number of carbonyl (C=O) groups is 18. The molecular formula is C95H131N19O22S. The van der Waals surface area contributed by atoms with Crippen molar-refractivity contribution in [1.29, 1.82) is 0 Å². The number of thioether (sulfide) groups is 1. The highest BCUT2D eigenvalue weighted by atomic mass is 32.2. The summed E-state index contributed by atoms with van der Waals surface area (Å²) in [7, 11) is 5.33. The first kappa shape index (κ1) is 108. The number of aliphatic hydroxyl groups is 1. The number of carboxylic acids is 2. The van der Waals surface area contributed by atoms with Crippen molar-refractivity contribution in [1.82, 2.24) is 77.0 Å². The topological polar surface area (TPSA) is 612 Å². The number of likely N-dealkylation sites (N-methyl/N-ethyl adjacent to an activating group) is 3. The third kappa shape index (κ3) is 30.3. The van der Waals surface area contributed by atoms with E-state index in [1.807, 2.05) is 13.8 Å². The summed E-state index contributed by atoms with van der Waals surface area (Å²) in [6.07, 6.45) is 1.99. The number of ether oxygens (including phenoxy) is 1. The zero-order valence-corrected chi connectivity index (χ0v) is 79.3. The number of H-pyrrole nitrogens is 2. The summed E-state index contributed by atoms with van der Waals surface area (Å²) in [6, 6.07) is 0.679. The van der Waals surface area contributed by atoms with Crippen molar-refractivity contribution in [3.8, 4) is 5.75 Å².